The lowest BCUT2D eigenvalue weighted by atomic mass is 9.95. The van der Waals surface area contributed by atoms with Gasteiger partial charge in [-0.15, -0.1) is 0 Å². The van der Waals surface area contributed by atoms with Crippen molar-refractivity contribution < 1.29 is 15.0 Å². The minimum absolute atomic E-state index is 0.0224. The fourth-order valence-electron chi connectivity index (χ4n) is 2.13. The average molecular weight is 206 g/mol. The molecule has 1 aromatic rings. The molecule has 0 unspecified atom stereocenters. The molecule has 0 spiro atoms. The second kappa shape index (κ2) is 3.93. The first-order chi connectivity index (χ1) is 7.18. The van der Waals surface area contributed by atoms with E-state index in [4.69, 9.17) is 0 Å². The van der Waals surface area contributed by atoms with Crippen LogP contribution in [0.15, 0.2) is 18.2 Å². The van der Waals surface area contributed by atoms with Crippen LogP contribution in [0, 0.1) is 5.92 Å². The number of carbonyl (C=O) groups is 1. The van der Waals surface area contributed by atoms with E-state index in [2.05, 4.69) is 0 Å². The van der Waals surface area contributed by atoms with Crippen LogP contribution in [-0.4, -0.2) is 16.0 Å². The van der Waals surface area contributed by atoms with Crippen LogP contribution >= 0.6 is 0 Å². The van der Waals surface area contributed by atoms with Gasteiger partial charge in [0.25, 0.3) is 0 Å². The van der Waals surface area contributed by atoms with Gasteiger partial charge in [0, 0.05) is 5.92 Å². The molecule has 1 aromatic carbocycles. The van der Waals surface area contributed by atoms with Crippen molar-refractivity contribution in [2.75, 3.05) is 0 Å². The zero-order chi connectivity index (χ0) is 10.8. The highest BCUT2D eigenvalue weighted by molar-refractivity contribution is 6.00. The lowest BCUT2D eigenvalue weighted by molar-refractivity contribution is 0.0919. The Bertz CT molecular complexity index is 378. The molecule has 0 amide bonds. The van der Waals surface area contributed by atoms with Crippen LogP contribution in [0.3, 0.4) is 0 Å². The molecule has 15 heavy (non-hydrogen) atoms. The van der Waals surface area contributed by atoms with E-state index in [0.29, 0.717) is 0 Å². The molecule has 2 N–H and O–H groups in total. The molecule has 0 radical (unpaired) electrons. The molecule has 1 fully saturated rings. The van der Waals surface area contributed by atoms with Crippen LogP contribution in [0.25, 0.3) is 0 Å². The van der Waals surface area contributed by atoms with Crippen LogP contribution in [0.2, 0.25) is 0 Å². The molecule has 0 atom stereocenters. The zero-order valence-corrected chi connectivity index (χ0v) is 8.44. The summed E-state index contributed by atoms with van der Waals surface area (Å²) in [5, 5.41) is 18.8. The number of ketones is 1. The molecule has 0 aromatic heterocycles. The van der Waals surface area contributed by atoms with E-state index < -0.39 is 0 Å². The molecule has 0 aliphatic heterocycles. The Kier molecular flexibility index (Phi) is 2.62. The van der Waals surface area contributed by atoms with E-state index in [9.17, 15) is 15.0 Å². The first-order valence-electron chi connectivity index (χ1n) is 5.24. The third-order valence-corrected chi connectivity index (χ3v) is 2.97. The highest BCUT2D eigenvalue weighted by Gasteiger charge is 2.25. The number of phenols is 2. The van der Waals surface area contributed by atoms with Gasteiger partial charge in [-0.2, -0.15) is 0 Å². The topological polar surface area (TPSA) is 57.5 Å². The van der Waals surface area contributed by atoms with Gasteiger partial charge in [0.1, 0.15) is 11.5 Å². The van der Waals surface area contributed by atoms with Gasteiger partial charge in [-0.1, -0.05) is 12.8 Å². The second-order valence-corrected chi connectivity index (χ2v) is 4.05. The molecule has 1 saturated carbocycles. The van der Waals surface area contributed by atoms with E-state index in [-0.39, 0.29) is 28.8 Å². The third-order valence-electron chi connectivity index (χ3n) is 2.97. The molecule has 80 valence electrons. The van der Waals surface area contributed by atoms with Crippen molar-refractivity contribution in [1.82, 2.24) is 0 Å². The summed E-state index contributed by atoms with van der Waals surface area (Å²) in [5.74, 6) is -0.0301. The third kappa shape index (κ3) is 1.96. The van der Waals surface area contributed by atoms with Gasteiger partial charge >= 0.3 is 0 Å². The quantitative estimate of drug-likeness (QED) is 0.577. The van der Waals surface area contributed by atoms with E-state index in [1.54, 1.807) is 0 Å². The van der Waals surface area contributed by atoms with Gasteiger partial charge in [0.15, 0.2) is 5.78 Å². The SMILES string of the molecule is O=C(c1cc(O)ccc1O)C1CCCC1. The molecule has 3 nitrogen and oxygen atoms in total. The molecule has 0 bridgehead atoms. The summed E-state index contributed by atoms with van der Waals surface area (Å²) in [6.07, 6.45) is 3.95. The number of phenolic OH excluding ortho intramolecular Hbond substituents is 2. The zero-order valence-electron chi connectivity index (χ0n) is 8.44. The van der Waals surface area contributed by atoms with Crippen LogP contribution in [-0.2, 0) is 0 Å². The summed E-state index contributed by atoms with van der Waals surface area (Å²) in [6, 6.07) is 4.08. The first-order valence-corrected chi connectivity index (χ1v) is 5.24. The average Bonchev–Trinajstić information content (AvgIpc) is 2.74. The molecular formula is C12H14O3. The Hall–Kier alpha value is -1.51. The number of benzene rings is 1. The molecule has 0 heterocycles. The number of rotatable bonds is 2. The summed E-state index contributed by atoms with van der Waals surface area (Å²) in [5.41, 5.74) is 0.252. The largest absolute Gasteiger partial charge is 0.508 e. The molecular weight excluding hydrogens is 192 g/mol. The lowest BCUT2D eigenvalue weighted by Crippen LogP contribution is -2.10. The number of hydrogen-bond donors (Lipinski definition) is 2. The Morgan fingerprint density at radius 3 is 2.53 bits per heavy atom. The fourth-order valence-corrected chi connectivity index (χ4v) is 2.13. The van der Waals surface area contributed by atoms with Crippen LogP contribution in [0.1, 0.15) is 36.0 Å². The molecule has 2 rings (SSSR count). The molecule has 0 saturated heterocycles. The second-order valence-electron chi connectivity index (χ2n) is 4.05. The standard InChI is InChI=1S/C12H14O3/c13-9-5-6-11(14)10(7-9)12(15)8-3-1-2-4-8/h5-8,13-14H,1-4H2. The van der Waals surface area contributed by atoms with Crippen molar-refractivity contribution in [3.63, 3.8) is 0 Å². The maximum absolute atomic E-state index is 11.9. The van der Waals surface area contributed by atoms with Gasteiger partial charge in [0.2, 0.25) is 0 Å². The fraction of sp³-hybridized carbons (Fsp3) is 0.417. The lowest BCUT2D eigenvalue weighted by Gasteiger charge is -2.09. The van der Waals surface area contributed by atoms with Gasteiger partial charge in [0.05, 0.1) is 5.56 Å². The number of Topliss-reactive ketones (excluding diaryl/α,β-unsaturated/α-hetero) is 1. The maximum Gasteiger partial charge on any atom is 0.169 e. The van der Waals surface area contributed by atoms with Crippen LogP contribution < -0.4 is 0 Å². The van der Waals surface area contributed by atoms with E-state index in [1.807, 2.05) is 0 Å². The maximum atomic E-state index is 11.9. The molecule has 1 aliphatic carbocycles. The predicted octanol–water partition coefficient (Wildman–Crippen LogP) is 2.47. The van der Waals surface area contributed by atoms with Crippen molar-refractivity contribution >= 4 is 5.78 Å². The van der Waals surface area contributed by atoms with E-state index >= 15 is 0 Å². The molecule has 1 aliphatic rings. The van der Waals surface area contributed by atoms with Crippen LogP contribution in [0.5, 0.6) is 11.5 Å². The minimum atomic E-state index is -0.0408. The number of carbonyl (C=O) groups excluding carboxylic acids is 1. The summed E-state index contributed by atoms with van der Waals surface area (Å²) >= 11 is 0. The van der Waals surface area contributed by atoms with Crippen molar-refractivity contribution in [1.29, 1.82) is 0 Å². The summed E-state index contributed by atoms with van der Waals surface area (Å²) in [6.45, 7) is 0. The Morgan fingerprint density at radius 2 is 1.87 bits per heavy atom. The van der Waals surface area contributed by atoms with Crippen molar-refractivity contribution in [2.24, 2.45) is 5.92 Å². The van der Waals surface area contributed by atoms with E-state index in [0.717, 1.165) is 25.7 Å². The van der Waals surface area contributed by atoms with Gasteiger partial charge in [-0.25, -0.2) is 0 Å². The molecule has 3 heteroatoms. The minimum Gasteiger partial charge on any atom is -0.508 e. The van der Waals surface area contributed by atoms with Crippen molar-refractivity contribution in [2.45, 2.75) is 25.7 Å². The monoisotopic (exact) mass is 206 g/mol. The summed E-state index contributed by atoms with van der Waals surface area (Å²) < 4.78 is 0. The van der Waals surface area contributed by atoms with Gasteiger partial charge < -0.3 is 10.2 Å². The highest BCUT2D eigenvalue weighted by Crippen LogP contribution is 2.32. The summed E-state index contributed by atoms with van der Waals surface area (Å²) in [4.78, 5) is 11.9. The number of hydrogen-bond acceptors (Lipinski definition) is 3. The Labute approximate surface area is 88.4 Å². The summed E-state index contributed by atoms with van der Waals surface area (Å²) in [7, 11) is 0. The van der Waals surface area contributed by atoms with Gasteiger partial charge in [-0.3, -0.25) is 4.79 Å². The Morgan fingerprint density at radius 1 is 1.20 bits per heavy atom. The Balaban J connectivity index is 2.27. The van der Waals surface area contributed by atoms with Gasteiger partial charge in [-0.05, 0) is 31.0 Å². The highest BCUT2D eigenvalue weighted by atomic mass is 16.3. The number of aromatic hydroxyl groups is 2. The first kappa shape index (κ1) is 10.0. The van der Waals surface area contributed by atoms with Crippen molar-refractivity contribution in [3.8, 4) is 11.5 Å². The van der Waals surface area contributed by atoms with Crippen LogP contribution in [0.4, 0.5) is 0 Å². The van der Waals surface area contributed by atoms with Crippen molar-refractivity contribution in [3.05, 3.63) is 23.8 Å². The smallest absolute Gasteiger partial charge is 0.169 e. The van der Waals surface area contributed by atoms with E-state index in [1.165, 1.54) is 18.2 Å². The normalized spacial score (nSPS) is 16.8. The predicted molar refractivity (Wildman–Crippen MR) is 56.1 cm³/mol.